The predicted molar refractivity (Wildman–Crippen MR) is 85.2 cm³/mol. The van der Waals surface area contributed by atoms with Gasteiger partial charge >= 0.3 is 18.0 Å². The molecule has 2 amide bonds. The molecule has 0 aliphatic carbocycles. The van der Waals surface area contributed by atoms with Crippen LogP contribution in [0.15, 0.2) is 42.5 Å². The molecule has 0 fully saturated rings. The van der Waals surface area contributed by atoms with Crippen LogP contribution in [0.1, 0.15) is 5.56 Å². The van der Waals surface area contributed by atoms with Crippen LogP contribution in [-0.2, 0) is 15.8 Å². The van der Waals surface area contributed by atoms with Gasteiger partial charge in [0.25, 0.3) is 0 Å². The van der Waals surface area contributed by atoms with Crippen LogP contribution < -0.4 is 10.6 Å². The summed E-state index contributed by atoms with van der Waals surface area (Å²) in [6, 6.07) is 8.14. The van der Waals surface area contributed by atoms with E-state index in [4.69, 9.17) is 23.2 Å². The molecule has 4 nitrogen and oxygen atoms in total. The Bertz CT molecular complexity index is 777. The molecule has 2 rings (SSSR count). The summed E-state index contributed by atoms with van der Waals surface area (Å²) < 4.78 is 37.3. The van der Waals surface area contributed by atoms with Gasteiger partial charge in [-0.2, -0.15) is 13.2 Å². The molecule has 0 heterocycles. The van der Waals surface area contributed by atoms with Gasteiger partial charge in [-0.25, -0.2) is 0 Å². The Hall–Kier alpha value is -2.25. The molecule has 0 aliphatic heterocycles. The molecule has 0 aliphatic rings. The Labute approximate surface area is 144 Å². The number of nitrogens with one attached hydrogen (secondary N) is 2. The smallest absolute Gasteiger partial charge is 0.318 e. The van der Waals surface area contributed by atoms with Crippen LogP contribution in [0.4, 0.5) is 24.5 Å². The van der Waals surface area contributed by atoms with E-state index in [2.05, 4.69) is 10.6 Å². The fraction of sp³-hybridized carbons (Fsp3) is 0.0667. The molecule has 9 heteroatoms. The first-order valence-electron chi connectivity index (χ1n) is 6.42. The number of halogens is 5. The lowest BCUT2D eigenvalue weighted by Crippen LogP contribution is -2.29. The predicted octanol–water partition coefficient (Wildman–Crippen LogP) is 4.59. The van der Waals surface area contributed by atoms with E-state index in [1.54, 1.807) is 0 Å². The zero-order valence-electron chi connectivity index (χ0n) is 11.7. The molecular weight excluding hydrogens is 368 g/mol. The highest BCUT2D eigenvalue weighted by Crippen LogP contribution is 2.30. The maximum Gasteiger partial charge on any atom is 0.416 e. The summed E-state index contributed by atoms with van der Waals surface area (Å²) in [4.78, 5) is 23.6. The first kappa shape index (κ1) is 18.1. The van der Waals surface area contributed by atoms with Crippen molar-refractivity contribution in [2.75, 3.05) is 10.6 Å². The topological polar surface area (TPSA) is 58.2 Å². The van der Waals surface area contributed by atoms with Gasteiger partial charge < -0.3 is 10.6 Å². The number of hydrogen-bond donors (Lipinski definition) is 2. The second kappa shape index (κ2) is 7.11. The van der Waals surface area contributed by atoms with Crippen molar-refractivity contribution in [3.05, 3.63) is 58.1 Å². The van der Waals surface area contributed by atoms with E-state index >= 15 is 0 Å². The number of benzene rings is 2. The average molecular weight is 377 g/mol. The Morgan fingerprint density at radius 3 is 2.04 bits per heavy atom. The van der Waals surface area contributed by atoms with Crippen LogP contribution in [0, 0.1) is 0 Å². The van der Waals surface area contributed by atoms with Crippen molar-refractivity contribution in [2.24, 2.45) is 0 Å². The lowest BCUT2D eigenvalue weighted by molar-refractivity contribution is -0.137. The molecule has 0 saturated heterocycles. The zero-order valence-corrected chi connectivity index (χ0v) is 13.3. The highest BCUT2D eigenvalue weighted by Gasteiger charge is 2.30. The summed E-state index contributed by atoms with van der Waals surface area (Å²) in [5.41, 5.74) is -0.687. The van der Waals surface area contributed by atoms with E-state index in [0.29, 0.717) is 0 Å². The standard InChI is InChI=1S/C15H9Cl2F3N2O2/c16-10-2-1-3-11(12(10)17)22-14(24)13(23)21-9-6-4-8(5-7-9)15(18,19)20/h1-7H,(H,21,23)(H,22,24). The summed E-state index contributed by atoms with van der Waals surface area (Å²) >= 11 is 11.7. The Morgan fingerprint density at radius 2 is 1.46 bits per heavy atom. The van der Waals surface area contributed by atoms with Crippen LogP contribution in [0.5, 0.6) is 0 Å². The largest absolute Gasteiger partial charge is 0.416 e. The molecule has 0 unspecified atom stereocenters. The first-order chi connectivity index (χ1) is 11.2. The summed E-state index contributed by atoms with van der Waals surface area (Å²) in [6.45, 7) is 0. The third kappa shape index (κ3) is 4.39. The maximum absolute atomic E-state index is 12.4. The second-order valence-electron chi connectivity index (χ2n) is 4.58. The molecule has 2 aromatic rings. The van der Waals surface area contributed by atoms with Gasteiger partial charge in [-0.3, -0.25) is 9.59 Å². The lowest BCUT2D eigenvalue weighted by atomic mass is 10.2. The SMILES string of the molecule is O=C(Nc1ccc(C(F)(F)F)cc1)C(=O)Nc1cccc(Cl)c1Cl. The van der Waals surface area contributed by atoms with Crippen molar-refractivity contribution in [1.29, 1.82) is 0 Å². The van der Waals surface area contributed by atoms with Gasteiger partial charge in [0.15, 0.2) is 0 Å². The van der Waals surface area contributed by atoms with Gasteiger partial charge in [-0.1, -0.05) is 29.3 Å². The van der Waals surface area contributed by atoms with Crippen LogP contribution in [0.3, 0.4) is 0 Å². The number of amides is 2. The van der Waals surface area contributed by atoms with E-state index in [9.17, 15) is 22.8 Å². The van der Waals surface area contributed by atoms with Gasteiger partial charge in [-0.15, -0.1) is 0 Å². The highest BCUT2D eigenvalue weighted by atomic mass is 35.5. The number of alkyl halides is 3. The third-order valence-corrected chi connectivity index (χ3v) is 3.70. The van der Waals surface area contributed by atoms with Crippen molar-refractivity contribution >= 4 is 46.4 Å². The average Bonchev–Trinajstić information content (AvgIpc) is 2.51. The fourth-order valence-electron chi connectivity index (χ4n) is 1.71. The van der Waals surface area contributed by atoms with Crippen molar-refractivity contribution in [1.82, 2.24) is 0 Å². The molecule has 2 N–H and O–H groups in total. The Kier molecular flexibility index (Phi) is 5.36. The number of rotatable bonds is 2. The van der Waals surface area contributed by atoms with Crippen molar-refractivity contribution in [3.63, 3.8) is 0 Å². The first-order valence-corrected chi connectivity index (χ1v) is 7.17. The van der Waals surface area contributed by atoms with Crippen LogP contribution in [0.25, 0.3) is 0 Å². The van der Waals surface area contributed by atoms with E-state index in [1.807, 2.05) is 0 Å². The molecule has 0 radical (unpaired) electrons. The minimum absolute atomic E-state index is 0.0420. The Morgan fingerprint density at radius 1 is 0.875 bits per heavy atom. The molecule has 0 bridgehead atoms. The van der Waals surface area contributed by atoms with Crippen molar-refractivity contribution < 1.29 is 22.8 Å². The summed E-state index contributed by atoms with van der Waals surface area (Å²) in [5, 5.41) is 4.70. The van der Waals surface area contributed by atoms with Gasteiger partial charge in [0.1, 0.15) is 0 Å². The van der Waals surface area contributed by atoms with Crippen LogP contribution >= 0.6 is 23.2 Å². The number of carbonyl (C=O) groups excluding carboxylic acids is 2. The van der Waals surface area contributed by atoms with Gasteiger partial charge in [-0.05, 0) is 36.4 Å². The zero-order chi connectivity index (χ0) is 17.9. The lowest BCUT2D eigenvalue weighted by Gasteiger charge is -2.10. The summed E-state index contributed by atoms with van der Waals surface area (Å²) in [6.07, 6.45) is -4.48. The van der Waals surface area contributed by atoms with Gasteiger partial charge in [0, 0.05) is 5.69 Å². The monoisotopic (exact) mass is 376 g/mol. The minimum Gasteiger partial charge on any atom is -0.318 e. The van der Waals surface area contributed by atoms with Gasteiger partial charge in [0.05, 0.1) is 21.3 Å². The second-order valence-corrected chi connectivity index (χ2v) is 5.37. The van der Waals surface area contributed by atoms with Crippen molar-refractivity contribution in [2.45, 2.75) is 6.18 Å². The normalized spacial score (nSPS) is 11.0. The summed E-state index contributed by atoms with van der Waals surface area (Å²) in [7, 11) is 0. The molecule has 2 aromatic carbocycles. The van der Waals surface area contributed by atoms with E-state index in [0.717, 1.165) is 24.3 Å². The molecule has 0 saturated carbocycles. The molecule has 0 atom stereocenters. The molecular formula is C15H9Cl2F3N2O2. The highest BCUT2D eigenvalue weighted by molar-refractivity contribution is 6.47. The molecule has 24 heavy (non-hydrogen) atoms. The van der Waals surface area contributed by atoms with Gasteiger partial charge in [0.2, 0.25) is 0 Å². The van der Waals surface area contributed by atoms with E-state index < -0.39 is 23.6 Å². The molecule has 126 valence electrons. The number of carbonyl (C=O) groups is 2. The Balaban J connectivity index is 2.04. The number of hydrogen-bond acceptors (Lipinski definition) is 2. The molecule has 0 spiro atoms. The fourth-order valence-corrected chi connectivity index (χ4v) is 2.06. The number of anilines is 2. The minimum atomic E-state index is -4.48. The van der Waals surface area contributed by atoms with E-state index in [-0.39, 0.29) is 21.4 Å². The quantitative estimate of drug-likeness (QED) is 0.753. The third-order valence-electron chi connectivity index (χ3n) is 2.88. The van der Waals surface area contributed by atoms with Crippen LogP contribution in [0.2, 0.25) is 10.0 Å². The summed E-state index contributed by atoms with van der Waals surface area (Å²) in [5.74, 6) is -2.11. The van der Waals surface area contributed by atoms with E-state index in [1.165, 1.54) is 18.2 Å². The molecule has 0 aromatic heterocycles. The van der Waals surface area contributed by atoms with Crippen molar-refractivity contribution in [3.8, 4) is 0 Å². The van der Waals surface area contributed by atoms with Crippen LogP contribution in [-0.4, -0.2) is 11.8 Å². The maximum atomic E-state index is 12.4.